The van der Waals surface area contributed by atoms with Crippen LogP contribution in [0.4, 0.5) is 0 Å². The molecule has 0 unspecified atom stereocenters. The minimum absolute atomic E-state index is 0.00180. The number of aryl methyl sites for hydroxylation is 1. The third kappa shape index (κ3) is 10.2. The summed E-state index contributed by atoms with van der Waals surface area (Å²) in [5.41, 5.74) is 7.46. The zero-order valence-corrected chi connectivity index (χ0v) is 32.7. The van der Waals surface area contributed by atoms with Gasteiger partial charge in [0.2, 0.25) is 15.9 Å². The maximum absolute atomic E-state index is 13.8. The maximum Gasteiger partial charge on any atom is 0.241 e. The lowest BCUT2D eigenvalue weighted by Gasteiger charge is -2.39. The topological polar surface area (TPSA) is 117 Å². The van der Waals surface area contributed by atoms with E-state index in [1.54, 1.807) is 24.3 Å². The molecule has 0 aliphatic carbocycles. The summed E-state index contributed by atoms with van der Waals surface area (Å²) < 4.78 is 42.7. The van der Waals surface area contributed by atoms with E-state index < -0.39 is 28.3 Å². The molecule has 2 fully saturated rings. The molecule has 2 aliphatic rings. The van der Waals surface area contributed by atoms with Gasteiger partial charge < -0.3 is 24.8 Å². The van der Waals surface area contributed by atoms with Crippen molar-refractivity contribution in [3.63, 3.8) is 0 Å². The van der Waals surface area contributed by atoms with E-state index in [0.29, 0.717) is 0 Å². The standard InChI is InChI=1S/C46H51N3O6S/c1-33-14-24-41(25-15-33)56(52,53)48-43(28-34-10-4-2-5-11-34)45(51)47-30-39-12-6-7-13-42(39)36-20-22-38(23-21-36)46-54-40(31-49-26-8-3-9-27-49)29-44(55-46)37-18-16-35(32-50)17-19-37/h2,4-7,10-25,40,43-44,46,48,50H,3,8-9,26-32H2,1H3,(H,47,51)/t40-,43+,44+,46+/m0/s1. The van der Waals surface area contributed by atoms with Gasteiger partial charge in [0.25, 0.3) is 0 Å². The van der Waals surface area contributed by atoms with Crippen molar-refractivity contribution < 1.29 is 27.8 Å². The van der Waals surface area contributed by atoms with Crippen LogP contribution < -0.4 is 10.0 Å². The number of amides is 1. The number of hydrogen-bond donors (Lipinski definition) is 3. The molecule has 5 aromatic carbocycles. The number of likely N-dealkylation sites (tertiary alicyclic amines) is 1. The first kappa shape index (κ1) is 39.6. The van der Waals surface area contributed by atoms with Gasteiger partial charge in [0.05, 0.1) is 23.7 Å². The van der Waals surface area contributed by atoms with Crippen molar-refractivity contribution in [2.75, 3.05) is 19.6 Å². The largest absolute Gasteiger partial charge is 0.392 e. The van der Waals surface area contributed by atoms with E-state index in [1.165, 1.54) is 19.3 Å². The van der Waals surface area contributed by atoms with Gasteiger partial charge in [0, 0.05) is 25.1 Å². The highest BCUT2D eigenvalue weighted by Gasteiger charge is 2.33. The number of aliphatic hydroxyl groups excluding tert-OH is 1. The average Bonchev–Trinajstić information content (AvgIpc) is 3.23. The lowest BCUT2D eigenvalue weighted by atomic mass is 9.97. The highest BCUT2D eigenvalue weighted by molar-refractivity contribution is 7.89. The minimum atomic E-state index is -3.97. The number of carbonyl (C=O) groups excluding carboxylic acids is 1. The van der Waals surface area contributed by atoms with Gasteiger partial charge in [-0.2, -0.15) is 4.72 Å². The molecule has 2 aliphatic heterocycles. The third-order valence-electron chi connectivity index (χ3n) is 10.7. The van der Waals surface area contributed by atoms with Gasteiger partial charge in [-0.1, -0.05) is 127 Å². The number of nitrogens with zero attached hydrogens (tertiary/aromatic N) is 1. The zero-order valence-electron chi connectivity index (χ0n) is 31.8. The van der Waals surface area contributed by atoms with Crippen molar-refractivity contribution in [1.82, 2.24) is 14.9 Å². The molecule has 10 heteroatoms. The zero-order chi connectivity index (χ0) is 38.9. The van der Waals surface area contributed by atoms with Crippen LogP contribution in [0.25, 0.3) is 11.1 Å². The van der Waals surface area contributed by atoms with Crippen LogP contribution in [-0.4, -0.2) is 56.1 Å². The molecular weight excluding hydrogens is 723 g/mol. The number of piperidine rings is 1. The van der Waals surface area contributed by atoms with E-state index in [9.17, 15) is 18.3 Å². The summed E-state index contributed by atoms with van der Waals surface area (Å²) in [5.74, 6) is -0.416. The molecule has 56 heavy (non-hydrogen) atoms. The Hall–Kier alpha value is -4.68. The predicted molar refractivity (Wildman–Crippen MR) is 218 cm³/mol. The second-order valence-corrected chi connectivity index (χ2v) is 16.6. The first-order valence-electron chi connectivity index (χ1n) is 19.6. The normalized spacial score (nSPS) is 19.6. The first-order chi connectivity index (χ1) is 27.2. The van der Waals surface area contributed by atoms with E-state index >= 15 is 0 Å². The number of nitrogens with one attached hydrogen (secondary N) is 2. The highest BCUT2D eigenvalue weighted by Crippen LogP contribution is 2.39. The molecule has 5 aromatic rings. The lowest BCUT2D eigenvalue weighted by Crippen LogP contribution is -2.47. The molecule has 0 bridgehead atoms. The summed E-state index contributed by atoms with van der Waals surface area (Å²) >= 11 is 0. The number of ether oxygens (including phenoxy) is 2. The lowest BCUT2D eigenvalue weighted by molar-refractivity contribution is -0.253. The quantitative estimate of drug-likeness (QED) is 0.108. The van der Waals surface area contributed by atoms with Crippen LogP contribution in [0.3, 0.4) is 0 Å². The van der Waals surface area contributed by atoms with Gasteiger partial charge in [-0.25, -0.2) is 8.42 Å². The Kier molecular flexibility index (Phi) is 13.1. The fraction of sp³-hybridized carbons (Fsp3) is 0.326. The van der Waals surface area contributed by atoms with E-state index in [1.807, 2.05) is 97.9 Å². The van der Waals surface area contributed by atoms with Crippen molar-refractivity contribution >= 4 is 15.9 Å². The Bertz CT molecular complexity index is 2140. The van der Waals surface area contributed by atoms with Crippen LogP contribution in [-0.2, 0) is 43.9 Å². The summed E-state index contributed by atoms with van der Waals surface area (Å²) in [6.07, 6.45) is 3.97. The molecule has 3 N–H and O–H groups in total. The minimum Gasteiger partial charge on any atom is -0.392 e. The fourth-order valence-corrected chi connectivity index (χ4v) is 8.75. The monoisotopic (exact) mass is 773 g/mol. The Morgan fingerprint density at radius 3 is 2.18 bits per heavy atom. The molecule has 1 amide bonds. The Labute approximate surface area is 330 Å². The van der Waals surface area contributed by atoms with Crippen molar-refractivity contribution in [2.45, 2.75) is 81.6 Å². The van der Waals surface area contributed by atoms with Crippen LogP contribution in [0.15, 0.2) is 132 Å². The molecule has 2 heterocycles. The van der Waals surface area contributed by atoms with Crippen LogP contribution in [0.2, 0.25) is 0 Å². The van der Waals surface area contributed by atoms with E-state index in [2.05, 4.69) is 27.1 Å². The average molecular weight is 774 g/mol. The Balaban J connectivity index is 1.06. The van der Waals surface area contributed by atoms with Crippen molar-refractivity contribution in [2.24, 2.45) is 0 Å². The van der Waals surface area contributed by atoms with Gasteiger partial charge in [0.15, 0.2) is 6.29 Å². The van der Waals surface area contributed by atoms with Gasteiger partial charge in [-0.3, -0.25) is 4.79 Å². The second-order valence-electron chi connectivity index (χ2n) is 14.9. The summed E-state index contributed by atoms with van der Waals surface area (Å²) in [6, 6.07) is 39.0. The molecule has 9 nitrogen and oxygen atoms in total. The number of benzene rings is 5. The van der Waals surface area contributed by atoms with Crippen molar-refractivity contribution in [1.29, 1.82) is 0 Å². The molecule has 4 atom stereocenters. The number of hydrogen-bond acceptors (Lipinski definition) is 7. The molecular formula is C46H51N3O6S. The van der Waals surface area contributed by atoms with E-state index in [0.717, 1.165) is 70.6 Å². The van der Waals surface area contributed by atoms with Crippen molar-refractivity contribution in [3.8, 4) is 11.1 Å². The van der Waals surface area contributed by atoms with Gasteiger partial charge in [-0.15, -0.1) is 0 Å². The van der Waals surface area contributed by atoms with Crippen LogP contribution >= 0.6 is 0 Å². The van der Waals surface area contributed by atoms with Gasteiger partial charge in [0.1, 0.15) is 6.04 Å². The number of carbonyl (C=O) groups is 1. The van der Waals surface area contributed by atoms with E-state index in [4.69, 9.17) is 9.47 Å². The number of aliphatic hydroxyl groups is 1. The first-order valence-corrected chi connectivity index (χ1v) is 21.0. The fourth-order valence-electron chi connectivity index (χ4n) is 7.55. The molecule has 0 spiro atoms. The summed E-state index contributed by atoms with van der Waals surface area (Å²) in [7, 11) is -3.97. The van der Waals surface area contributed by atoms with Gasteiger partial charge in [-0.05, 0) is 84.8 Å². The van der Waals surface area contributed by atoms with E-state index in [-0.39, 0.29) is 36.7 Å². The molecule has 7 rings (SSSR count). The summed E-state index contributed by atoms with van der Waals surface area (Å²) in [4.78, 5) is 16.4. The third-order valence-corrected chi connectivity index (χ3v) is 12.2. The maximum atomic E-state index is 13.8. The Morgan fingerprint density at radius 1 is 0.786 bits per heavy atom. The summed E-state index contributed by atoms with van der Waals surface area (Å²) in [5, 5.41) is 12.6. The highest BCUT2D eigenvalue weighted by atomic mass is 32.2. The predicted octanol–water partition coefficient (Wildman–Crippen LogP) is 7.39. The molecule has 0 aromatic heterocycles. The van der Waals surface area contributed by atoms with Crippen LogP contribution in [0.5, 0.6) is 0 Å². The number of rotatable bonds is 14. The smallest absolute Gasteiger partial charge is 0.241 e. The molecule has 292 valence electrons. The van der Waals surface area contributed by atoms with Gasteiger partial charge >= 0.3 is 0 Å². The molecule has 0 saturated carbocycles. The molecule has 0 radical (unpaired) electrons. The number of sulfonamides is 1. The Morgan fingerprint density at radius 2 is 1.46 bits per heavy atom. The van der Waals surface area contributed by atoms with Crippen LogP contribution in [0, 0.1) is 6.92 Å². The van der Waals surface area contributed by atoms with Crippen molar-refractivity contribution in [3.05, 3.63) is 161 Å². The molecule has 2 saturated heterocycles. The second kappa shape index (κ2) is 18.5. The summed E-state index contributed by atoms with van der Waals surface area (Å²) in [6.45, 7) is 5.14. The van der Waals surface area contributed by atoms with Crippen LogP contribution in [0.1, 0.15) is 71.5 Å². The SMILES string of the molecule is Cc1ccc(S(=O)(=O)N[C@H](Cc2ccccc2)C(=O)NCc2ccccc2-c2ccc([C@@H]3O[C@H](CN4CCCCC4)C[C@H](c4ccc(CO)cc4)O3)cc2)cc1.